The molecule has 3 heterocycles. The van der Waals surface area contributed by atoms with E-state index >= 15 is 0 Å². The molecular weight excluding hydrogens is 436 g/mol. The molecule has 0 bridgehead atoms. The standard InChI is InChI=1S/C28H34N6O/c1-3-21(4-2)28(34-20-29-19-31-34)23-10-14-26(15-11-23)32-25-12-8-22(9-13-25)24-17-30-33(18-24)27-7-5-6-16-35-27/h8-15,17-21,27-28,32H,3-7,16H2,1-2H3. The normalized spacial score (nSPS) is 16.9. The van der Waals surface area contributed by atoms with Crippen molar-refractivity contribution in [2.75, 3.05) is 11.9 Å². The maximum Gasteiger partial charge on any atom is 0.150 e. The van der Waals surface area contributed by atoms with Crippen molar-refractivity contribution in [1.82, 2.24) is 24.5 Å². The van der Waals surface area contributed by atoms with Gasteiger partial charge in [0, 0.05) is 29.7 Å². The van der Waals surface area contributed by atoms with E-state index in [2.05, 4.69) is 89.1 Å². The van der Waals surface area contributed by atoms with E-state index < -0.39 is 0 Å². The highest BCUT2D eigenvalue weighted by Gasteiger charge is 2.23. The average Bonchev–Trinajstić information content (AvgIpc) is 3.62. The quantitative estimate of drug-likeness (QED) is 0.298. The van der Waals surface area contributed by atoms with E-state index in [4.69, 9.17) is 4.74 Å². The van der Waals surface area contributed by atoms with Crippen LogP contribution in [0.15, 0.2) is 73.6 Å². The molecule has 0 radical (unpaired) electrons. The summed E-state index contributed by atoms with van der Waals surface area (Å²) in [5, 5.41) is 12.5. The van der Waals surface area contributed by atoms with E-state index in [1.807, 2.05) is 21.9 Å². The minimum absolute atomic E-state index is 0.0653. The van der Waals surface area contributed by atoms with Gasteiger partial charge in [-0.2, -0.15) is 10.2 Å². The van der Waals surface area contributed by atoms with Gasteiger partial charge in [0.1, 0.15) is 18.9 Å². The maximum atomic E-state index is 5.85. The van der Waals surface area contributed by atoms with Crippen molar-refractivity contribution in [3.05, 3.63) is 79.1 Å². The molecule has 182 valence electrons. The Hall–Kier alpha value is -3.45. The highest BCUT2D eigenvalue weighted by Crippen LogP contribution is 2.32. The summed E-state index contributed by atoms with van der Waals surface area (Å²) in [6.45, 7) is 5.30. The van der Waals surface area contributed by atoms with Crippen LogP contribution in [0.1, 0.15) is 63.8 Å². The number of benzene rings is 2. The number of ether oxygens (including phenoxy) is 1. The van der Waals surface area contributed by atoms with E-state index in [-0.39, 0.29) is 12.3 Å². The Morgan fingerprint density at radius 2 is 1.69 bits per heavy atom. The molecule has 4 aromatic rings. The van der Waals surface area contributed by atoms with Crippen LogP contribution in [0.25, 0.3) is 11.1 Å². The summed E-state index contributed by atoms with van der Waals surface area (Å²) >= 11 is 0. The first-order chi connectivity index (χ1) is 17.2. The molecule has 0 aliphatic carbocycles. The van der Waals surface area contributed by atoms with Gasteiger partial charge in [-0.1, -0.05) is 51.0 Å². The average molecular weight is 471 g/mol. The maximum absolute atomic E-state index is 5.85. The third-order valence-electron chi connectivity index (χ3n) is 7.03. The Labute approximate surface area is 207 Å². The number of rotatable bonds is 9. The van der Waals surface area contributed by atoms with E-state index in [9.17, 15) is 0 Å². The van der Waals surface area contributed by atoms with Gasteiger partial charge in [0.2, 0.25) is 0 Å². The largest absolute Gasteiger partial charge is 0.357 e. The van der Waals surface area contributed by atoms with Gasteiger partial charge >= 0.3 is 0 Å². The Morgan fingerprint density at radius 1 is 0.943 bits per heavy atom. The minimum atomic E-state index is 0.0653. The van der Waals surface area contributed by atoms with E-state index in [0.717, 1.165) is 54.8 Å². The molecule has 0 amide bonds. The van der Waals surface area contributed by atoms with E-state index in [1.165, 1.54) is 12.0 Å². The van der Waals surface area contributed by atoms with Crippen LogP contribution in [0, 0.1) is 5.92 Å². The lowest BCUT2D eigenvalue weighted by Gasteiger charge is -2.26. The molecule has 7 heteroatoms. The molecule has 0 spiro atoms. The molecule has 1 aliphatic heterocycles. The summed E-state index contributed by atoms with van der Waals surface area (Å²) in [5.41, 5.74) is 5.62. The fourth-order valence-electron chi connectivity index (χ4n) is 4.99. The molecule has 2 atom stereocenters. The van der Waals surface area contributed by atoms with Gasteiger partial charge in [-0.3, -0.25) is 0 Å². The fraction of sp³-hybridized carbons (Fsp3) is 0.393. The molecule has 35 heavy (non-hydrogen) atoms. The van der Waals surface area contributed by atoms with Crippen LogP contribution in [-0.4, -0.2) is 31.2 Å². The SMILES string of the molecule is CCC(CC)C(c1ccc(Nc2ccc(-c3cnn(C4CCCCO4)c3)cc2)cc1)n1cncn1. The van der Waals surface area contributed by atoms with E-state index in [0.29, 0.717) is 5.92 Å². The lowest BCUT2D eigenvalue weighted by molar-refractivity contribution is -0.0394. The molecule has 1 fully saturated rings. The predicted octanol–water partition coefficient (Wildman–Crippen LogP) is 6.61. The van der Waals surface area contributed by atoms with Crippen molar-refractivity contribution in [3.63, 3.8) is 0 Å². The molecule has 5 rings (SSSR count). The third-order valence-corrected chi connectivity index (χ3v) is 7.03. The fourth-order valence-corrected chi connectivity index (χ4v) is 4.99. The van der Waals surface area contributed by atoms with Crippen LogP contribution in [0.2, 0.25) is 0 Å². The predicted molar refractivity (Wildman–Crippen MR) is 138 cm³/mol. The summed E-state index contributed by atoms with van der Waals surface area (Å²) in [7, 11) is 0. The topological polar surface area (TPSA) is 69.8 Å². The van der Waals surface area contributed by atoms with Crippen LogP contribution in [0.4, 0.5) is 11.4 Å². The van der Waals surface area contributed by atoms with Crippen molar-refractivity contribution in [1.29, 1.82) is 0 Å². The lowest BCUT2D eigenvalue weighted by Crippen LogP contribution is -2.20. The zero-order valence-corrected chi connectivity index (χ0v) is 20.5. The second-order valence-electron chi connectivity index (χ2n) is 9.25. The number of nitrogens with one attached hydrogen (secondary N) is 1. The van der Waals surface area contributed by atoms with Gasteiger partial charge in [-0.25, -0.2) is 14.3 Å². The van der Waals surface area contributed by atoms with Crippen molar-refractivity contribution >= 4 is 11.4 Å². The van der Waals surface area contributed by atoms with Gasteiger partial charge in [0.05, 0.1) is 12.2 Å². The zero-order valence-electron chi connectivity index (χ0n) is 20.5. The summed E-state index contributed by atoms with van der Waals surface area (Å²) in [6, 6.07) is 17.4. The van der Waals surface area contributed by atoms with Crippen molar-refractivity contribution in [2.45, 2.75) is 58.2 Å². The Morgan fingerprint density at radius 3 is 2.31 bits per heavy atom. The molecule has 7 nitrogen and oxygen atoms in total. The Balaban J connectivity index is 1.26. The third kappa shape index (κ3) is 5.30. The highest BCUT2D eigenvalue weighted by molar-refractivity contribution is 5.67. The van der Waals surface area contributed by atoms with Gasteiger partial charge in [0.25, 0.3) is 0 Å². The van der Waals surface area contributed by atoms with Crippen molar-refractivity contribution < 1.29 is 4.74 Å². The Bertz CT molecular complexity index is 1170. The molecule has 1 aliphatic rings. The number of aromatic nitrogens is 5. The molecular formula is C28H34N6O. The Kier molecular flexibility index (Phi) is 7.23. The van der Waals surface area contributed by atoms with Crippen LogP contribution in [0.3, 0.4) is 0 Å². The van der Waals surface area contributed by atoms with Gasteiger partial charge in [-0.15, -0.1) is 0 Å². The van der Waals surface area contributed by atoms with Crippen LogP contribution in [-0.2, 0) is 4.74 Å². The molecule has 1 N–H and O–H groups in total. The first-order valence-corrected chi connectivity index (χ1v) is 12.7. The first-order valence-electron chi connectivity index (χ1n) is 12.7. The zero-order chi connectivity index (χ0) is 24.0. The van der Waals surface area contributed by atoms with Crippen LogP contribution in [0.5, 0.6) is 0 Å². The number of anilines is 2. The second-order valence-corrected chi connectivity index (χ2v) is 9.25. The van der Waals surface area contributed by atoms with Crippen molar-refractivity contribution in [2.24, 2.45) is 5.92 Å². The van der Waals surface area contributed by atoms with Crippen LogP contribution < -0.4 is 5.32 Å². The summed E-state index contributed by atoms with van der Waals surface area (Å²) in [5.74, 6) is 0.511. The van der Waals surface area contributed by atoms with E-state index in [1.54, 1.807) is 6.33 Å². The monoisotopic (exact) mass is 470 g/mol. The van der Waals surface area contributed by atoms with Gasteiger partial charge in [0.15, 0.2) is 0 Å². The summed E-state index contributed by atoms with van der Waals surface area (Å²) in [4.78, 5) is 4.17. The van der Waals surface area contributed by atoms with Gasteiger partial charge < -0.3 is 10.1 Å². The highest BCUT2D eigenvalue weighted by atomic mass is 16.5. The minimum Gasteiger partial charge on any atom is -0.357 e. The number of nitrogens with zero attached hydrogens (tertiary/aromatic N) is 5. The van der Waals surface area contributed by atoms with Crippen molar-refractivity contribution in [3.8, 4) is 11.1 Å². The van der Waals surface area contributed by atoms with Gasteiger partial charge in [-0.05, 0) is 60.6 Å². The molecule has 2 unspecified atom stereocenters. The summed E-state index contributed by atoms with van der Waals surface area (Å²) < 4.78 is 9.79. The second kappa shape index (κ2) is 10.9. The van der Waals surface area contributed by atoms with Crippen LogP contribution >= 0.6 is 0 Å². The molecule has 0 saturated carbocycles. The first kappa shape index (κ1) is 23.3. The number of hydrogen-bond donors (Lipinski definition) is 1. The molecule has 2 aromatic heterocycles. The molecule has 2 aromatic carbocycles. The molecule has 1 saturated heterocycles. The number of hydrogen-bond acceptors (Lipinski definition) is 5. The summed E-state index contributed by atoms with van der Waals surface area (Å²) in [6.07, 6.45) is 13.1. The smallest absolute Gasteiger partial charge is 0.150 e. The lowest BCUT2D eigenvalue weighted by atomic mass is 9.89.